The number of carboxylic acid groups (broad SMARTS) is 1. The molecule has 13 heavy (non-hydrogen) atoms. The van der Waals surface area contributed by atoms with E-state index < -0.39 is 5.97 Å². The van der Waals surface area contributed by atoms with Gasteiger partial charge in [0.25, 0.3) is 0 Å². The van der Waals surface area contributed by atoms with Crippen molar-refractivity contribution >= 4 is 11.9 Å². The fourth-order valence-electron chi connectivity index (χ4n) is 1.01. The quantitative estimate of drug-likeness (QED) is 0.664. The van der Waals surface area contributed by atoms with Crippen molar-refractivity contribution in [2.75, 3.05) is 6.54 Å². The summed E-state index contributed by atoms with van der Waals surface area (Å²) < 4.78 is 0. The molecule has 0 aromatic rings. The van der Waals surface area contributed by atoms with E-state index in [0.29, 0.717) is 12.0 Å². The molecule has 0 aliphatic heterocycles. The van der Waals surface area contributed by atoms with E-state index in [2.05, 4.69) is 12.2 Å². The van der Waals surface area contributed by atoms with Gasteiger partial charge < -0.3 is 10.4 Å². The molecule has 1 aliphatic carbocycles. The molecule has 1 saturated carbocycles. The zero-order chi connectivity index (χ0) is 9.90. The molecule has 74 valence electrons. The van der Waals surface area contributed by atoms with Gasteiger partial charge in [-0.3, -0.25) is 9.59 Å². The molecule has 0 aromatic heterocycles. The molecule has 1 aliphatic rings. The number of carbonyl (C=O) groups is 2. The summed E-state index contributed by atoms with van der Waals surface area (Å²) in [5.74, 6) is -1.08. The lowest BCUT2D eigenvalue weighted by molar-refractivity contribution is -0.138. The number of amides is 1. The van der Waals surface area contributed by atoms with E-state index >= 15 is 0 Å². The van der Waals surface area contributed by atoms with E-state index in [-0.39, 0.29) is 18.7 Å². The molecule has 0 radical (unpaired) electrons. The standard InChI is InChI=1S/C9H15NO3/c1-9(4-5-9)6-10-7(11)2-3-8(12)13/h2-6H2,1H3,(H,10,11)(H,12,13). The van der Waals surface area contributed by atoms with Crippen LogP contribution in [0.2, 0.25) is 0 Å². The summed E-state index contributed by atoms with van der Waals surface area (Å²) in [5, 5.41) is 11.1. The van der Waals surface area contributed by atoms with E-state index in [9.17, 15) is 9.59 Å². The topological polar surface area (TPSA) is 66.4 Å². The Balaban J connectivity index is 2.07. The summed E-state index contributed by atoms with van der Waals surface area (Å²) in [5.41, 5.74) is 0.291. The molecule has 1 amide bonds. The van der Waals surface area contributed by atoms with E-state index in [1.165, 1.54) is 0 Å². The van der Waals surface area contributed by atoms with Crippen LogP contribution in [-0.2, 0) is 9.59 Å². The minimum absolute atomic E-state index is 0.0808. The molecular weight excluding hydrogens is 170 g/mol. The van der Waals surface area contributed by atoms with Gasteiger partial charge in [-0.1, -0.05) is 6.92 Å². The summed E-state index contributed by atoms with van der Waals surface area (Å²) in [4.78, 5) is 21.2. The minimum atomic E-state index is -0.923. The smallest absolute Gasteiger partial charge is 0.303 e. The highest BCUT2D eigenvalue weighted by Gasteiger charge is 2.37. The third-order valence-corrected chi connectivity index (χ3v) is 2.38. The van der Waals surface area contributed by atoms with Crippen molar-refractivity contribution in [1.29, 1.82) is 0 Å². The zero-order valence-corrected chi connectivity index (χ0v) is 7.80. The lowest BCUT2D eigenvalue weighted by atomic mass is 10.1. The highest BCUT2D eigenvalue weighted by Crippen LogP contribution is 2.43. The third-order valence-electron chi connectivity index (χ3n) is 2.38. The molecule has 0 heterocycles. The van der Waals surface area contributed by atoms with E-state index in [0.717, 1.165) is 12.8 Å². The molecule has 0 spiro atoms. The zero-order valence-electron chi connectivity index (χ0n) is 7.80. The molecular formula is C9H15NO3. The van der Waals surface area contributed by atoms with Crippen molar-refractivity contribution < 1.29 is 14.7 Å². The molecule has 0 atom stereocenters. The Bertz CT molecular complexity index is 221. The summed E-state index contributed by atoms with van der Waals surface area (Å²) >= 11 is 0. The number of aliphatic carboxylic acids is 1. The van der Waals surface area contributed by atoms with Crippen LogP contribution in [0.25, 0.3) is 0 Å². The van der Waals surface area contributed by atoms with Crippen LogP contribution in [0.5, 0.6) is 0 Å². The van der Waals surface area contributed by atoms with Crippen LogP contribution in [0.4, 0.5) is 0 Å². The predicted octanol–water partition coefficient (Wildman–Crippen LogP) is 0.767. The Morgan fingerprint density at radius 2 is 2.00 bits per heavy atom. The van der Waals surface area contributed by atoms with Crippen LogP contribution >= 0.6 is 0 Å². The van der Waals surface area contributed by atoms with Gasteiger partial charge in [-0.2, -0.15) is 0 Å². The molecule has 0 aromatic carbocycles. The van der Waals surface area contributed by atoms with Gasteiger partial charge in [-0.05, 0) is 18.3 Å². The molecule has 1 rings (SSSR count). The highest BCUT2D eigenvalue weighted by molar-refractivity contribution is 5.80. The fraction of sp³-hybridized carbons (Fsp3) is 0.778. The third kappa shape index (κ3) is 3.92. The maximum absolute atomic E-state index is 11.0. The summed E-state index contributed by atoms with van der Waals surface area (Å²) in [7, 11) is 0. The van der Waals surface area contributed by atoms with E-state index in [4.69, 9.17) is 5.11 Å². The number of carbonyl (C=O) groups excluding carboxylic acids is 1. The molecule has 1 fully saturated rings. The molecule has 4 heteroatoms. The lowest BCUT2D eigenvalue weighted by Gasteiger charge is -2.08. The van der Waals surface area contributed by atoms with Gasteiger partial charge in [0, 0.05) is 13.0 Å². The number of hydrogen-bond acceptors (Lipinski definition) is 2. The fourth-order valence-corrected chi connectivity index (χ4v) is 1.01. The van der Waals surface area contributed by atoms with Crippen LogP contribution in [-0.4, -0.2) is 23.5 Å². The Morgan fingerprint density at radius 1 is 1.38 bits per heavy atom. The monoisotopic (exact) mass is 185 g/mol. The second-order valence-electron chi connectivity index (χ2n) is 3.98. The van der Waals surface area contributed by atoms with Gasteiger partial charge in [0.2, 0.25) is 5.91 Å². The lowest BCUT2D eigenvalue weighted by Crippen LogP contribution is -2.29. The van der Waals surface area contributed by atoms with Gasteiger partial charge in [0.1, 0.15) is 0 Å². The van der Waals surface area contributed by atoms with Crippen molar-refractivity contribution in [2.24, 2.45) is 5.41 Å². The first-order chi connectivity index (χ1) is 6.02. The number of carboxylic acids is 1. The largest absolute Gasteiger partial charge is 0.481 e. The second-order valence-corrected chi connectivity index (χ2v) is 3.98. The first-order valence-electron chi connectivity index (χ1n) is 4.50. The van der Waals surface area contributed by atoms with Gasteiger partial charge >= 0.3 is 5.97 Å². The van der Waals surface area contributed by atoms with Crippen LogP contribution < -0.4 is 5.32 Å². The second kappa shape index (κ2) is 3.77. The maximum atomic E-state index is 11.0. The van der Waals surface area contributed by atoms with Crippen LogP contribution in [0.15, 0.2) is 0 Å². The van der Waals surface area contributed by atoms with Crippen LogP contribution in [0.1, 0.15) is 32.6 Å². The van der Waals surface area contributed by atoms with Gasteiger partial charge in [0.15, 0.2) is 0 Å². The number of hydrogen-bond donors (Lipinski definition) is 2. The van der Waals surface area contributed by atoms with Crippen molar-refractivity contribution in [3.05, 3.63) is 0 Å². The summed E-state index contributed by atoms with van der Waals surface area (Å²) in [6, 6.07) is 0. The van der Waals surface area contributed by atoms with Crippen LogP contribution in [0.3, 0.4) is 0 Å². The van der Waals surface area contributed by atoms with E-state index in [1.807, 2.05) is 0 Å². The first-order valence-corrected chi connectivity index (χ1v) is 4.50. The average Bonchev–Trinajstić information content (AvgIpc) is 2.77. The average molecular weight is 185 g/mol. The Hall–Kier alpha value is -1.06. The maximum Gasteiger partial charge on any atom is 0.303 e. The molecule has 0 saturated heterocycles. The molecule has 4 nitrogen and oxygen atoms in total. The highest BCUT2D eigenvalue weighted by atomic mass is 16.4. The molecule has 0 unspecified atom stereocenters. The summed E-state index contributed by atoms with van der Waals surface area (Å²) in [6.45, 7) is 2.80. The van der Waals surface area contributed by atoms with Gasteiger partial charge in [-0.25, -0.2) is 0 Å². The normalized spacial score (nSPS) is 17.9. The number of rotatable bonds is 5. The van der Waals surface area contributed by atoms with Crippen molar-refractivity contribution in [1.82, 2.24) is 5.32 Å². The van der Waals surface area contributed by atoms with E-state index in [1.54, 1.807) is 0 Å². The predicted molar refractivity (Wildman–Crippen MR) is 47.2 cm³/mol. The Morgan fingerprint density at radius 3 is 2.46 bits per heavy atom. The van der Waals surface area contributed by atoms with Crippen molar-refractivity contribution in [2.45, 2.75) is 32.6 Å². The Labute approximate surface area is 77.3 Å². The van der Waals surface area contributed by atoms with Crippen molar-refractivity contribution in [3.63, 3.8) is 0 Å². The number of nitrogens with one attached hydrogen (secondary N) is 1. The molecule has 2 N–H and O–H groups in total. The van der Waals surface area contributed by atoms with Gasteiger partial charge in [-0.15, -0.1) is 0 Å². The molecule has 0 bridgehead atoms. The van der Waals surface area contributed by atoms with Crippen LogP contribution in [0, 0.1) is 5.41 Å². The Kier molecular flexibility index (Phi) is 2.90. The summed E-state index contributed by atoms with van der Waals surface area (Å²) in [6.07, 6.45) is 2.33. The van der Waals surface area contributed by atoms with Gasteiger partial charge in [0.05, 0.1) is 6.42 Å². The van der Waals surface area contributed by atoms with Crippen molar-refractivity contribution in [3.8, 4) is 0 Å². The minimum Gasteiger partial charge on any atom is -0.481 e. The SMILES string of the molecule is CC1(CNC(=O)CCC(=O)O)CC1. The first kappa shape index (κ1) is 10.0.